The number of nitrogens with zero attached hydrogens (tertiary/aromatic N) is 2. The zero-order chi connectivity index (χ0) is 21.9. The molecule has 0 bridgehead atoms. The molecule has 6 nitrogen and oxygen atoms in total. The number of para-hydroxylation sites is 1. The fraction of sp³-hybridized carbons (Fsp3) is 0.0800. The Labute approximate surface area is 188 Å². The van der Waals surface area contributed by atoms with Gasteiger partial charge in [0.05, 0.1) is 4.90 Å². The van der Waals surface area contributed by atoms with Crippen molar-refractivity contribution >= 4 is 22.7 Å². The van der Waals surface area contributed by atoms with E-state index in [4.69, 9.17) is 9.15 Å². The standard InChI is InChI=1S/C25H19N3O3S/c1-16-8-7-11-18(14-16)30-15-21-27-28-25(31-21)32-23-22(17-9-3-2-4-10-17)19-12-5-6-13-20(19)26-24(23)29/h2-14H,15H2,1H3,(H,26,29). The molecule has 7 heteroatoms. The third-order valence-corrected chi connectivity index (χ3v) is 5.86. The van der Waals surface area contributed by atoms with Crippen LogP contribution in [0.4, 0.5) is 0 Å². The summed E-state index contributed by atoms with van der Waals surface area (Å²) in [5.41, 5.74) is 3.46. The summed E-state index contributed by atoms with van der Waals surface area (Å²) in [5.74, 6) is 1.07. The molecule has 0 fully saturated rings. The van der Waals surface area contributed by atoms with Gasteiger partial charge in [-0.3, -0.25) is 4.79 Å². The van der Waals surface area contributed by atoms with Gasteiger partial charge in [0.25, 0.3) is 16.7 Å². The Balaban J connectivity index is 1.47. The molecule has 0 amide bonds. The van der Waals surface area contributed by atoms with E-state index in [1.165, 1.54) is 0 Å². The highest BCUT2D eigenvalue weighted by atomic mass is 32.2. The molecule has 3 aromatic carbocycles. The number of fused-ring (bicyclic) bond motifs is 1. The molecule has 0 saturated heterocycles. The van der Waals surface area contributed by atoms with E-state index in [0.29, 0.717) is 10.8 Å². The Kier molecular flexibility index (Phi) is 5.47. The lowest BCUT2D eigenvalue weighted by Crippen LogP contribution is -2.10. The number of aromatic nitrogens is 3. The molecule has 0 aliphatic rings. The van der Waals surface area contributed by atoms with Crippen molar-refractivity contribution < 1.29 is 9.15 Å². The highest BCUT2D eigenvalue weighted by Crippen LogP contribution is 2.37. The topological polar surface area (TPSA) is 81.0 Å². The number of aromatic amines is 1. The van der Waals surface area contributed by atoms with Gasteiger partial charge in [-0.2, -0.15) is 0 Å². The third-order valence-electron chi connectivity index (χ3n) is 4.93. The summed E-state index contributed by atoms with van der Waals surface area (Å²) in [7, 11) is 0. The average molecular weight is 442 g/mol. The summed E-state index contributed by atoms with van der Waals surface area (Å²) in [6.45, 7) is 2.15. The summed E-state index contributed by atoms with van der Waals surface area (Å²) in [6.07, 6.45) is 0. The zero-order valence-corrected chi connectivity index (χ0v) is 18.1. The van der Waals surface area contributed by atoms with Crippen molar-refractivity contribution in [1.82, 2.24) is 15.2 Å². The predicted octanol–water partition coefficient (Wildman–Crippen LogP) is 5.62. The van der Waals surface area contributed by atoms with E-state index in [1.54, 1.807) is 0 Å². The third kappa shape index (κ3) is 4.15. The maximum absolute atomic E-state index is 13.0. The van der Waals surface area contributed by atoms with E-state index in [0.717, 1.165) is 45.1 Å². The van der Waals surface area contributed by atoms with Crippen LogP contribution in [0.15, 0.2) is 98.2 Å². The van der Waals surface area contributed by atoms with Gasteiger partial charge < -0.3 is 14.1 Å². The molecule has 0 radical (unpaired) electrons. The Morgan fingerprint density at radius 1 is 0.969 bits per heavy atom. The van der Waals surface area contributed by atoms with Crippen LogP contribution in [0.25, 0.3) is 22.0 Å². The first-order chi connectivity index (χ1) is 15.7. The lowest BCUT2D eigenvalue weighted by Gasteiger charge is -2.11. The number of ether oxygens (including phenoxy) is 1. The van der Waals surface area contributed by atoms with Crippen molar-refractivity contribution in [2.24, 2.45) is 0 Å². The minimum absolute atomic E-state index is 0.149. The molecule has 0 saturated carbocycles. The molecule has 32 heavy (non-hydrogen) atoms. The largest absolute Gasteiger partial charge is 0.484 e. The minimum atomic E-state index is -0.205. The molecule has 0 unspecified atom stereocenters. The van der Waals surface area contributed by atoms with Crippen LogP contribution in [0.3, 0.4) is 0 Å². The van der Waals surface area contributed by atoms with Crippen molar-refractivity contribution in [2.75, 3.05) is 0 Å². The molecule has 0 aliphatic heterocycles. The van der Waals surface area contributed by atoms with Gasteiger partial charge in [0.1, 0.15) is 5.75 Å². The Morgan fingerprint density at radius 3 is 2.62 bits per heavy atom. The molecule has 5 aromatic rings. The zero-order valence-electron chi connectivity index (χ0n) is 17.2. The first-order valence-electron chi connectivity index (χ1n) is 10.1. The summed E-state index contributed by atoms with van der Waals surface area (Å²) >= 11 is 1.16. The van der Waals surface area contributed by atoms with E-state index in [1.807, 2.05) is 85.8 Å². The van der Waals surface area contributed by atoms with Gasteiger partial charge in [-0.25, -0.2) is 0 Å². The van der Waals surface area contributed by atoms with Gasteiger partial charge in [0, 0.05) is 16.5 Å². The van der Waals surface area contributed by atoms with E-state index in [2.05, 4.69) is 15.2 Å². The van der Waals surface area contributed by atoms with Gasteiger partial charge in [0.2, 0.25) is 0 Å². The molecule has 0 atom stereocenters. The number of nitrogens with one attached hydrogen (secondary N) is 1. The van der Waals surface area contributed by atoms with Crippen LogP contribution >= 0.6 is 11.8 Å². The lowest BCUT2D eigenvalue weighted by molar-refractivity contribution is 0.252. The van der Waals surface area contributed by atoms with Crippen LogP contribution in [0.1, 0.15) is 11.5 Å². The number of pyridine rings is 1. The van der Waals surface area contributed by atoms with E-state index < -0.39 is 0 Å². The van der Waals surface area contributed by atoms with Crippen molar-refractivity contribution in [2.45, 2.75) is 23.6 Å². The van der Waals surface area contributed by atoms with E-state index in [9.17, 15) is 4.79 Å². The van der Waals surface area contributed by atoms with Crippen molar-refractivity contribution in [3.05, 3.63) is 101 Å². The summed E-state index contributed by atoms with van der Waals surface area (Å²) < 4.78 is 11.5. The van der Waals surface area contributed by atoms with Crippen molar-refractivity contribution in [1.29, 1.82) is 0 Å². The van der Waals surface area contributed by atoms with Gasteiger partial charge in [-0.05, 0) is 48.0 Å². The second-order valence-electron chi connectivity index (χ2n) is 7.24. The predicted molar refractivity (Wildman–Crippen MR) is 124 cm³/mol. The first kappa shape index (κ1) is 20.1. The smallest absolute Gasteiger partial charge is 0.281 e. The summed E-state index contributed by atoms with van der Waals surface area (Å²) in [5, 5.41) is 9.41. The van der Waals surface area contributed by atoms with Crippen molar-refractivity contribution in [3.63, 3.8) is 0 Å². The van der Waals surface area contributed by atoms with Crippen LogP contribution < -0.4 is 10.3 Å². The number of hydrogen-bond acceptors (Lipinski definition) is 6. The molecule has 158 valence electrons. The van der Waals surface area contributed by atoms with Crippen LogP contribution in [0.5, 0.6) is 5.75 Å². The van der Waals surface area contributed by atoms with Crippen LogP contribution in [0, 0.1) is 6.92 Å². The lowest BCUT2D eigenvalue weighted by atomic mass is 10.0. The second kappa shape index (κ2) is 8.72. The highest BCUT2D eigenvalue weighted by Gasteiger charge is 2.18. The Bertz CT molecular complexity index is 1440. The fourth-order valence-corrected chi connectivity index (χ4v) is 4.36. The number of hydrogen-bond donors (Lipinski definition) is 1. The monoisotopic (exact) mass is 441 g/mol. The number of H-pyrrole nitrogens is 1. The average Bonchev–Trinajstić information content (AvgIpc) is 3.26. The van der Waals surface area contributed by atoms with Gasteiger partial charge in [0.15, 0.2) is 6.61 Å². The van der Waals surface area contributed by atoms with Crippen LogP contribution in [0.2, 0.25) is 0 Å². The summed E-state index contributed by atoms with van der Waals surface area (Å²) in [4.78, 5) is 16.5. The van der Waals surface area contributed by atoms with Gasteiger partial charge in [-0.15, -0.1) is 10.2 Å². The fourth-order valence-electron chi connectivity index (χ4n) is 3.49. The number of aryl methyl sites for hydroxylation is 1. The molecule has 0 spiro atoms. The number of rotatable bonds is 6. The van der Waals surface area contributed by atoms with E-state index in [-0.39, 0.29) is 17.4 Å². The SMILES string of the molecule is Cc1cccc(OCc2nnc(Sc3c(-c4ccccc4)c4ccccc4[nH]c3=O)o2)c1. The first-order valence-corrected chi connectivity index (χ1v) is 10.9. The maximum atomic E-state index is 13.0. The van der Waals surface area contributed by atoms with Crippen molar-refractivity contribution in [3.8, 4) is 16.9 Å². The summed E-state index contributed by atoms with van der Waals surface area (Å²) in [6, 6.07) is 25.3. The second-order valence-corrected chi connectivity index (χ2v) is 8.20. The Hall–Kier alpha value is -3.84. The molecule has 2 heterocycles. The highest BCUT2D eigenvalue weighted by molar-refractivity contribution is 7.99. The van der Waals surface area contributed by atoms with Gasteiger partial charge in [-0.1, -0.05) is 60.7 Å². The van der Waals surface area contributed by atoms with Gasteiger partial charge >= 0.3 is 0 Å². The molecular weight excluding hydrogens is 422 g/mol. The molecule has 5 rings (SSSR count). The molecular formula is C25H19N3O3S. The molecule has 1 N–H and O–H groups in total. The normalized spacial score (nSPS) is 11.0. The minimum Gasteiger partial charge on any atom is -0.484 e. The van der Waals surface area contributed by atoms with E-state index >= 15 is 0 Å². The Morgan fingerprint density at radius 2 is 1.78 bits per heavy atom. The quantitative estimate of drug-likeness (QED) is 0.368. The maximum Gasteiger partial charge on any atom is 0.281 e. The van der Waals surface area contributed by atoms with Crippen LogP contribution in [-0.4, -0.2) is 15.2 Å². The number of benzene rings is 3. The van der Waals surface area contributed by atoms with Crippen LogP contribution in [-0.2, 0) is 6.61 Å². The molecule has 0 aliphatic carbocycles. The molecule has 2 aromatic heterocycles.